The summed E-state index contributed by atoms with van der Waals surface area (Å²) in [7, 11) is 0. The Morgan fingerprint density at radius 1 is 1.56 bits per heavy atom. The van der Waals surface area contributed by atoms with Gasteiger partial charge in [0.15, 0.2) is 0 Å². The van der Waals surface area contributed by atoms with Gasteiger partial charge in [0.05, 0.1) is 12.7 Å². The van der Waals surface area contributed by atoms with Crippen molar-refractivity contribution in [2.24, 2.45) is 5.92 Å². The highest BCUT2D eigenvalue weighted by Crippen LogP contribution is 2.38. The van der Waals surface area contributed by atoms with Crippen LogP contribution in [0.15, 0.2) is 0 Å². The van der Waals surface area contributed by atoms with Gasteiger partial charge in [0.1, 0.15) is 5.54 Å². The van der Waals surface area contributed by atoms with Crippen molar-refractivity contribution in [2.45, 2.75) is 38.1 Å². The summed E-state index contributed by atoms with van der Waals surface area (Å²) in [5.74, 6) is 2.36. The zero-order valence-corrected chi connectivity index (χ0v) is 10.9. The number of nitrogens with zero attached hydrogens (tertiary/aromatic N) is 1. The third kappa shape index (κ3) is 3.38. The second-order valence-electron chi connectivity index (χ2n) is 4.33. The number of hydrogen-bond acceptors (Lipinski definition) is 4. The van der Waals surface area contributed by atoms with E-state index in [1.807, 2.05) is 0 Å². The number of aliphatic hydroxyl groups excluding tert-OH is 1. The van der Waals surface area contributed by atoms with Crippen molar-refractivity contribution < 1.29 is 5.11 Å². The molecule has 0 saturated heterocycles. The molecule has 92 valence electrons. The Morgan fingerprint density at radius 3 is 3.00 bits per heavy atom. The van der Waals surface area contributed by atoms with Gasteiger partial charge in [-0.05, 0) is 37.5 Å². The predicted molar refractivity (Wildman–Crippen MR) is 68.4 cm³/mol. The molecule has 2 unspecified atom stereocenters. The van der Waals surface area contributed by atoms with Crippen LogP contribution in [0.4, 0.5) is 0 Å². The fraction of sp³-hybridized carbons (Fsp3) is 0.917. The zero-order chi connectivity index (χ0) is 11.9. The molecule has 1 saturated carbocycles. The molecule has 0 aromatic heterocycles. The quantitative estimate of drug-likeness (QED) is 0.668. The Bertz CT molecular complexity index is 242. The minimum Gasteiger partial charge on any atom is -0.396 e. The summed E-state index contributed by atoms with van der Waals surface area (Å²) in [6, 6.07) is 2.50. The Balaban J connectivity index is 2.41. The van der Waals surface area contributed by atoms with Gasteiger partial charge in [-0.3, -0.25) is 5.32 Å². The van der Waals surface area contributed by atoms with Crippen LogP contribution in [0.25, 0.3) is 0 Å². The lowest BCUT2D eigenvalue weighted by Gasteiger charge is -2.29. The molecular weight excluding hydrogens is 220 g/mol. The van der Waals surface area contributed by atoms with Crippen LogP contribution in [0.3, 0.4) is 0 Å². The Labute approximate surface area is 103 Å². The number of nitriles is 1. The lowest BCUT2D eigenvalue weighted by molar-refractivity contribution is 0.315. The maximum Gasteiger partial charge on any atom is 0.109 e. The molecule has 0 radical (unpaired) electrons. The summed E-state index contributed by atoms with van der Waals surface area (Å²) >= 11 is 1.78. The molecule has 0 aromatic carbocycles. The second kappa shape index (κ2) is 7.16. The van der Waals surface area contributed by atoms with Crippen molar-refractivity contribution in [1.82, 2.24) is 5.32 Å². The first-order valence-electron chi connectivity index (χ1n) is 6.14. The van der Waals surface area contributed by atoms with Crippen molar-refractivity contribution in [3.63, 3.8) is 0 Å². The molecule has 2 N–H and O–H groups in total. The van der Waals surface area contributed by atoms with E-state index in [9.17, 15) is 5.26 Å². The third-order valence-electron chi connectivity index (χ3n) is 3.36. The van der Waals surface area contributed by atoms with Gasteiger partial charge in [-0.15, -0.1) is 0 Å². The van der Waals surface area contributed by atoms with Crippen LogP contribution in [0.5, 0.6) is 0 Å². The molecule has 0 heterocycles. The van der Waals surface area contributed by atoms with E-state index in [1.54, 1.807) is 11.8 Å². The molecule has 2 atom stereocenters. The van der Waals surface area contributed by atoms with E-state index in [0.717, 1.165) is 37.3 Å². The topological polar surface area (TPSA) is 56.0 Å². The van der Waals surface area contributed by atoms with Crippen molar-refractivity contribution in [2.75, 3.05) is 24.7 Å². The van der Waals surface area contributed by atoms with Crippen molar-refractivity contribution in [3.05, 3.63) is 0 Å². The SMILES string of the molecule is CCNC1(C#N)CCCC1CCSCCO. The monoisotopic (exact) mass is 242 g/mol. The molecular formula is C12H22N2OS. The summed E-state index contributed by atoms with van der Waals surface area (Å²) in [5.41, 5.74) is -0.269. The van der Waals surface area contributed by atoms with Gasteiger partial charge >= 0.3 is 0 Å². The number of nitrogens with one attached hydrogen (secondary N) is 1. The minimum atomic E-state index is -0.269. The maximum atomic E-state index is 9.36. The Morgan fingerprint density at radius 2 is 2.38 bits per heavy atom. The molecule has 0 spiro atoms. The molecule has 0 amide bonds. The number of thioether (sulfide) groups is 1. The van der Waals surface area contributed by atoms with Gasteiger partial charge in [-0.2, -0.15) is 17.0 Å². The third-order valence-corrected chi connectivity index (χ3v) is 4.35. The molecule has 1 rings (SSSR count). The van der Waals surface area contributed by atoms with Crippen molar-refractivity contribution >= 4 is 11.8 Å². The zero-order valence-electron chi connectivity index (χ0n) is 10.0. The molecule has 1 aliphatic carbocycles. The van der Waals surface area contributed by atoms with E-state index in [2.05, 4.69) is 18.3 Å². The Kier molecular flexibility index (Phi) is 6.18. The van der Waals surface area contributed by atoms with E-state index < -0.39 is 0 Å². The van der Waals surface area contributed by atoms with E-state index in [4.69, 9.17) is 5.11 Å². The van der Waals surface area contributed by atoms with E-state index in [0.29, 0.717) is 5.92 Å². The standard InChI is InChI=1S/C12H22N2OS/c1-2-14-12(10-13)6-3-4-11(12)5-8-16-9-7-15/h11,14-15H,2-9H2,1H3. The highest BCUT2D eigenvalue weighted by molar-refractivity contribution is 7.99. The van der Waals surface area contributed by atoms with Gasteiger partial charge in [0.25, 0.3) is 0 Å². The highest BCUT2D eigenvalue weighted by atomic mass is 32.2. The first kappa shape index (κ1) is 13.8. The molecule has 3 nitrogen and oxygen atoms in total. The second-order valence-corrected chi connectivity index (χ2v) is 5.55. The van der Waals surface area contributed by atoms with Crippen LogP contribution in [-0.2, 0) is 0 Å². The molecule has 4 heteroatoms. The highest BCUT2D eigenvalue weighted by Gasteiger charge is 2.41. The lowest BCUT2D eigenvalue weighted by atomic mass is 9.86. The Hall–Kier alpha value is -0.240. The summed E-state index contributed by atoms with van der Waals surface area (Å²) in [5, 5.41) is 21.4. The molecule has 0 aliphatic heterocycles. The van der Waals surface area contributed by atoms with E-state index in [-0.39, 0.29) is 12.1 Å². The molecule has 1 fully saturated rings. The predicted octanol–water partition coefficient (Wildman–Crippen LogP) is 1.77. The van der Waals surface area contributed by atoms with Crippen LogP contribution >= 0.6 is 11.8 Å². The summed E-state index contributed by atoms with van der Waals surface area (Å²) < 4.78 is 0. The molecule has 0 aromatic rings. The van der Waals surface area contributed by atoms with Gasteiger partial charge < -0.3 is 5.11 Å². The fourth-order valence-electron chi connectivity index (χ4n) is 2.60. The van der Waals surface area contributed by atoms with Crippen LogP contribution in [0.1, 0.15) is 32.6 Å². The average Bonchev–Trinajstić information content (AvgIpc) is 2.69. The van der Waals surface area contributed by atoms with E-state index in [1.165, 1.54) is 6.42 Å². The summed E-state index contributed by atoms with van der Waals surface area (Å²) in [6.45, 7) is 3.19. The number of aliphatic hydroxyl groups is 1. The number of hydrogen-bond donors (Lipinski definition) is 2. The number of rotatable bonds is 7. The van der Waals surface area contributed by atoms with Crippen molar-refractivity contribution in [1.29, 1.82) is 5.26 Å². The summed E-state index contributed by atoms with van der Waals surface area (Å²) in [4.78, 5) is 0. The van der Waals surface area contributed by atoms with Gasteiger partial charge in [-0.25, -0.2) is 0 Å². The first-order chi connectivity index (χ1) is 7.79. The van der Waals surface area contributed by atoms with Crippen LogP contribution < -0.4 is 5.32 Å². The molecule has 1 aliphatic rings. The van der Waals surface area contributed by atoms with Gasteiger partial charge in [0, 0.05) is 5.75 Å². The average molecular weight is 242 g/mol. The molecule has 16 heavy (non-hydrogen) atoms. The van der Waals surface area contributed by atoms with Crippen molar-refractivity contribution in [3.8, 4) is 6.07 Å². The van der Waals surface area contributed by atoms with Crippen LogP contribution in [0, 0.1) is 17.2 Å². The first-order valence-corrected chi connectivity index (χ1v) is 7.29. The lowest BCUT2D eigenvalue weighted by Crippen LogP contribution is -2.47. The maximum absolute atomic E-state index is 9.36. The van der Waals surface area contributed by atoms with Gasteiger partial charge in [0.2, 0.25) is 0 Å². The largest absolute Gasteiger partial charge is 0.396 e. The normalized spacial score (nSPS) is 29.2. The van der Waals surface area contributed by atoms with Crippen LogP contribution in [-0.4, -0.2) is 35.3 Å². The molecule has 0 bridgehead atoms. The fourth-order valence-corrected chi connectivity index (χ4v) is 3.38. The van der Waals surface area contributed by atoms with Gasteiger partial charge in [-0.1, -0.05) is 13.3 Å². The van der Waals surface area contributed by atoms with E-state index >= 15 is 0 Å². The smallest absolute Gasteiger partial charge is 0.109 e. The minimum absolute atomic E-state index is 0.256. The van der Waals surface area contributed by atoms with Crippen LogP contribution in [0.2, 0.25) is 0 Å². The summed E-state index contributed by atoms with van der Waals surface area (Å²) in [6.07, 6.45) is 4.41.